The third-order valence-electron chi connectivity index (χ3n) is 3.82. The van der Waals surface area contributed by atoms with Crippen LogP contribution >= 0.6 is 35.0 Å². The summed E-state index contributed by atoms with van der Waals surface area (Å²) >= 11 is 13.1. The van der Waals surface area contributed by atoms with Crippen LogP contribution in [0.4, 0.5) is 4.39 Å². The molecule has 2 unspecified atom stereocenters. The molecule has 0 spiro atoms. The Morgan fingerprint density at radius 2 is 1.81 bits per heavy atom. The summed E-state index contributed by atoms with van der Waals surface area (Å²) in [6.45, 7) is 3.39. The number of halogens is 3. The molecule has 2 aromatic carbocycles. The van der Waals surface area contributed by atoms with Crippen molar-refractivity contribution in [1.29, 1.82) is 0 Å². The van der Waals surface area contributed by atoms with Crippen molar-refractivity contribution in [2.24, 2.45) is 0 Å². The molecule has 0 aromatic heterocycles. The number of benzene rings is 2. The lowest BCUT2D eigenvalue weighted by Gasteiger charge is -2.18. The zero-order valence-electron chi connectivity index (χ0n) is 14.9. The molecule has 8 heteroatoms. The van der Waals surface area contributed by atoms with E-state index in [9.17, 15) is 14.0 Å². The number of rotatable bonds is 6. The Morgan fingerprint density at radius 3 is 2.48 bits per heavy atom. The van der Waals surface area contributed by atoms with Crippen LogP contribution < -0.4 is 5.32 Å². The van der Waals surface area contributed by atoms with Crippen LogP contribution in [-0.4, -0.2) is 24.2 Å². The fraction of sp³-hybridized carbons (Fsp3) is 0.263. The van der Waals surface area contributed by atoms with Gasteiger partial charge in [-0.15, -0.1) is 11.8 Å². The second kappa shape index (κ2) is 9.44. The number of hydrogen-bond donors (Lipinski definition) is 1. The average Bonchev–Trinajstić information content (AvgIpc) is 2.64. The minimum Gasteiger partial charge on any atom is -0.468 e. The van der Waals surface area contributed by atoms with Crippen LogP contribution in [0.3, 0.4) is 0 Å². The smallest absolute Gasteiger partial charge is 0.318 e. The van der Waals surface area contributed by atoms with Gasteiger partial charge in [0.25, 0.3) is 5.91 Å². The number of ether oxygens (including phenoxy) is 1. The summed E-state index contributed by atoms with van der Waals surface area (Å²) in [7, 11) is 1.31. The third-order valence-corrected chi connectivity index (χ3v) is 5.60. The van der Waals surface area contributed by atoms with Crippen LogP contribution in [0.5, 0.6) is 0 Å². The quantitative estimate of drug-likeness (QED) is 0.385. The van der Waals surface area contributed by atoms with Gasteiger partial charge in [0.1, 0.15) is 11.1 Å². The Hall–Kier alpha value is -1.76. The van der Waals surface area contributed by atoms with Crippen molar-refractivity contribution in [3.63, 3.8) is 0 Å². The minimum absolute atomic E-state index is 0.0826. The molecule has 2 rings (SSSR count). The molecule has 0 fully saturated rings. The van der Waals surface area contributed by atoms with Crippen molar-refractivity contribution in [2.75, 3.05) is 7.11 Å². The van der Waals surface area contributed by atoms with Crippen molar-refractivity contribution < 1.29 is 18.7 Å². The van der Waals surface area contributed by atoms with Crippen molar-refractivity contribution in [3.05, 3.63) is 63.4 Å². The first-order chi connectivity index (χ1) is 12.7. The summed E-state index contributed by atoms with van der Waals surface area (Å²) in [4.78, 5) is 25.0. The summed E-state index contributed by atoms with van der Waals surface area (Å²) in [5.41, 5.74) is 0.815. The number of carbonyl (C=O) groups is 2. The standard InChI is InChI=1S/C19H18Cl2FNO3S/c1-10(13-8-16(22)15(21)9-14(13)20)23-18(24)12-6-4-5-7-17(12)27-11(2)19(25)26-3/h4-11H,1-3H3,(H,23,24). The van der Waals surface area contributed by atoms with Gasteiger partial charge in [0, 0.05) is 9.92 Å². The van der Waals surface area contributed by atoms with Gasteiger partial charge in [0.2, 0.25) is 0 Å². The van der Waals surface area contributed by atoms with E-state index in [-0.39, 0.29) is 21.9 Å². The molecule has 2 aromatic rings. The van der Waals surface area contributed by atoms with Gasteiger partial charge in [0.15, 0.2) is 0 Å². The molecule has 144 valence electrons. The van der Waals surface area contributed by atoms with Gasteiger partial charge in [-0.25, -0.2) is 4.39 Å². The highest BCUT2D eigenvalue weighted by atomic mass is 35.5. The van der Waals surface area contributed by atoms with Gasteiger partial charge >= 0.3 is 5.97 Å². The lowest BCUT2D eigenvalue weighted by Crippen LogP contribution is -2.27. The predicted octanol–water partition coefficient (Wildman–Crippen LogP) is 5.28. The van der Waals surface area contributed by atoms with E-state index in [0.29, 0.717) is 16.0 Å². The normalized spacial score (nSPS) is 13.0. The molecule has 1 amide bonds. The van der Waals surface area contributed by atoms with Crippen LogP contribution in [-0.2, 0) is 9.53 Å². The van der Waals surface area contributed by atoms with Crippen molar-refractivity contribution in [3.8, 4) is 0 Å². The van der Waals surface area contributed by atoms with E-state index in [0.717, 1.165) is 0 Å². The van der Waals surface area contributed by atoms with Crippen molar-refractivity contribution >= 4 is 46.8 Å². The molecule has 0 aliphatic carbocycles. The summed E-state index contributed by atoms with van der Waals surface area (Å²) in [6, 6.07) is 8.86. The molecular formula is C19H18Cl2FNO3S. The largest absolute Gasteiger partial charge is 0.468 e. The number of esters is 1. The monoisotopic (exact) mass is 429 g/mol. The van der Waals surface area contributed by atoms with Crippen LogP contribution in [0.1, 0.15) is 35.8 Å². The first-order valence-electron chi connectivity index (χ1n) is 8.03. The Labute approximate surface area is 171 Å². The molecule has 0 aliphatic heterocycles. The van der Waals surface area contributed by atoms with Gasteiger partial charge < -0.3 is 10.1 Å². The fourth-order valence-corrected chi connectivity index (χ4v) is 3.95. The number of thioether (sulfide) groups is 1. The molecule has 0 bridgehead atoms. The van der Waals surface area contributed by atoms with E-state index in [1.54, 1.807) is 38.1 Å². The summed E-state index contributed by atoms with van der Waals surface area (Å²) in [6.07, 6.45) is 0. The van der Waals surface area contributed by atoms with Gasteiger partial charge in [-0.2, -0.15) is 0 Å². The zero-order valence-corrected chi connectivity index (χ0v) is 17.2. The van der Waals surface area contributed by atoms with E-state index in [2.05, 4.69) is 5.32 Å². The molecule has 0 aliphatic rings. The van der Waals surface area contributed by atoms with Crippen LogP contribution in [0.15, 0.2) is 41.3 Å². The molecule has 0 saturated heterocycles. The maximum absolute atomic E-state index is 13.7. The summed E-state index contributed by atoms with van der Waals surface area (Å²) in [5.74, 6) is -1.36. The summed E-state index contributed by atoms with van der Waals surface area (Å²) < 4.78 is 18.5. The number of amides is 1. The van der Waals surface area contributed by atoms with Crippen molar-refractivity contribution in [1.82, 2.24) is 5.32 Å². The maximum atomic E-state index is 13.7. The fourth-order valence-electron chi connectivity index (χ4n) is 2.38. The van der Waals surface area contributed by atoms with Gasteiger partial charge in [0.05, 0.1) is 23.7 Å². The predicted molar refractivity (Wildman–Crippen MR) is 106 cm³/mol. The molecule has 4 nitrogen and oxygen atoms in total. The van der Waals surface area contributed by atoms with Crippen molar-refractivity contribution in [2.45, 2.75) is 30.0 Å². The first-order valence-corrected chi connectivity index (χ1v) is 9.67. The Morgan fingerprint density at radius 1 is 1.15 bits per heavy atom. The molecule has 1 N–H and O–H groups in total. The van der Waals surface area contributed by atoms with Gasteiger partial charge in [-0.1, -0.05) is 35.3 Å². The first kappa shape index (κ1) is 21.5. The van der Waals surface area contributed by atoms with E-state index in [4.69, 9.17) is 27.9 Å². The van der Waals surface area contributed by atoms with E-state index in [1.165, 1.54) is 31.0 Å². The third kappa shape index (κ3) is 5.37. The number of carbonyl (C=O) groups excluding carboxylic acids is 2. The lowest BCUT2D eigenvalue weighted by molar-refractivity contribution is -0.139. The molecular weight excluding hydrogens is 412 g/mol. The average molecular weight is 430 g/mol. The number of hydrogen-bond acceptors (Lipinski definition) is 4. The Balaban J connectivity index is 2.21. The Kier molecular flexibility index (Phi) is 7.53. The highest BCUT2D eigenvalue weighted by Crippen LogP contribution is 2.30. The van der Waals surface area contributed by atoms with E-state index >= 15 is 0 Å². The maximum Gasteiger partial charge on any atom is 0.318 e. The van der Waals surface area contributed by atoms with Crippen LogP contribution in [0, 0.1) is 5.82 Å². The molecule has 0 saturated carbocycles. The highest BCUT2D eigenvalue weighted by Gasteiger charge is 2.21. The summed E-state index contributed by atoms with van der Waals surface area (Å²) in [5, 5.41) is 2.50. The van der Waals surface area contributed by atoms with Crippen LogP contribution in [0.2, 0.25) is 10.0 Å². The van der Waals surface area contributed by atoms with E-state index < -0.39 is 17.1 Å². The number of methoxy groups -OCH3 is 1. The van der Waals surface area contributed by atoms with Gasteiger partial charge in [-0.05, 0) is 43.7 Å². The topological polar surface area (TPSA) is 55.4 Å². The number of nitrogens with one attached hydrogen (secondary N) is 1. The lowest BCUT2D eigenvalue weighted by atomic mass is 10.1. The second-order valence-electron chi connectivity index (χ2n) is 5.76. The van der Waals surface area contributed by atoms with E-state index in [1.807, 2.05) is 0 Å². The molecule has 0 heterocycles. The Bertz CT molecular complexity index is 863. The van der Waals surface area contributed by atoms with Crippen LogP contribution in [0.25, 0.3) is 0 Å². The minimum atomic E-state index is -0.611. The zero-order chi connectivity index (χ0) is 20.1. The SMILES string of the molecule is COC(=O)C(C)Sc1ccccc1C(=O)NC(C)c1cc(F)c(Cl)cc1Cl. The van der Waals surface area contributed by atoms with Gasteiger partial charge in [-0.3, -0.25) is 9.59 Å². The molecule has 27 heavy (non-hydrogen) atoms. The molecule has 0 radical (unpaired) electrons. The highest BCUT2D eigenvalue weighted by molar-refractivity contribution is 8.00. The molecule has 2 atom stereocenters. The second-order valence-corrected chi connectivity index (χ2v) is 7.96.